The molecule has 5 nitrogen and oxygen atoms in total. The van der Waals surface area contributed by atoms with E-state index in [2.05, 4.69) is 15.0 Å². The van der Waals surface area contributed by atoms with Crippen LogP contribution in [-0.2, 0) is 9.53 Å². The van der Waals surface area contributed by atoms with Crippen molar-refractivity contribution in [1.82, 2.24) is 15.0 Å². The van der Waals surface area contributed by atoms with Gasteiger partial charge in [0.25, 0.3) is 0 Å². The van der Waals surface area contributed by atoms with E-state index < -0.39 is 5.97 Å². The number of hydrogen-bond donors (Lipinski definition) is 0. The van der Waals surface area contributed by atoms with Crippen LogP contribution in [0.25, 0.3) is 11.6 Å². The molecule has 2 aromatic rings. The summed E-state index contributed by atoms with van der Waals surface area (Å²) in [6.45, 7) is 0. The van der Waals surface area contributed by atoms with Crippen molar-refractivity contribution >= 4 is 17.6 Å². The van der Waals surface area contributed by atoms with Crippen molar-refractivity contribution in [1.29, 1.82) is 0 Å². The van der Waals surface area contributed by atoms with Crippen LogP contribution in [0.15, 0.2) is 43.2 Å². The molecule has 0 amide bonds. The molecular formula is C13H11N3O2. The molecule has 2 heterocycles. The summed E-state index contributed by atoms with van der Waals surface area (Å²) in [7, 11) is 1.34. The highest BCUT2D eigenvalue weighted by atomic mass is 16.5. The Kier molecular flexibility index (Phi) is 3.76. The zero-order chi connectivity index (χ0) is 12.8. The average Bonchev–Trinajstić information content (AvgIpc) is 2.46. The number of rotatable bonds is 3. The first-order valence-electron chi connectivity index (χ1n) is 5.26. The lowest BCUT2D eigenvalue weighted by atomic mass is 10.1. The lowest BCUT2D eigenvalue weighted by molar-refractivity contribution is -0.133. The lowest BCUT2D eigenvalue weighted by Gasteiger charge is -2.05. The van der Waals surface area contributed by atoms with Gasteiger partial charge in [-0.2, -0.15) is 0 Å². The number of methoxy groups -OCH3 is 1. The van der Waals surface area contributed by atoms with Gasteiger partial charge in [0.2, 0.25) is 0 Å². The Morgan fingerprint density at radius 1 is 1.22 bits per heavy atom. The largest absolute Gasteiger partial charge is 0.465 e. The third kappa shape index (κ3) is 2.76. The van der Waals surface area contributed by atoms with Gasteiger partial charge >= 0.3 is 5.97 Å². The van der Waals surface area contributed by atoms with Gasteiger partial charge in [-0.3, -0.25) is 4.98 Å². The maximum Gasteiger partial charge on any atom is 0.338 e. The van der Waals surface area contributed by atoms with Crippen molar-refractivity contribution in [3.05, 3.63) is 54.4 Å². The molecular weight excluding hydrogens is 230 g/mol. The Bertz CT molecular complexity index is 553. The van der Waals surface area contributed by atoms with E-state index in [1.165, 1.54) is 13.4 Å². The molecule has 0 radical (unpaired) electrons. The van der Waals surface area contributed by atoms with Crippen LogP contribution < -0.4 is 0 Å². The number of carbonyl (C=O) groups is 1. The van der Waals surface area contributed by atoms with E-state index in [0.717, 1.165) is 5.56 Å². The fraction of sp³-hybridized carbons (Fsp3) is 0.0769. The highest BCUT2D eigenvalue weighted by Crippen LogP contribution is 2.18. The van der Waals surface area contributed by atoms with Gasteiger partial charge in [0.1, 0.15) is 6.33 Å². The highest BCUT2D eigenvalue weighted by molar-refractivity contribution is 6.21. The topological polar surface area (TPSA) is 65.0 Å². The van der Waals surface area contributed by atoms with Crippen molar-refractivity contribution < 1.29 is 9.53 Å². The molecule has 0 bridgehead atoms. The SMILES string of the molecule is COC(=O)C(=Cc1cncnc1)c1cccnc1. The number of aromatic nitrogens is 3. The van der Waals surface area contributed by atoms with Crippen LogP contribution in [-0.4, -0.2) is 28.0 Å². The minimum absolute atomic E-state index is 0.417. The van der Waals surface area contributed by atoms with Crippen molar-refractivity contribution in [3.8, 4) is 0 Å². The van der Waals surface area contributed by atoms with E-state index in [-0.39, 0.29) is 0 Å². The summed E-state index contributed by atoms with van der Waals surface area (Å²) in [5.74, 6) is -0.424. The van der Waals surface area contributed by atoms with Crippen molar-refractivity contribution in [2.75, 3.05) is 7.11 Å². The van der Waals surface area contributed by atoms with Crippen LogP contribution in [0.3, 0.4) is 0 Å². The maximum atomic E-state index is 11.8. The molecule has 0 N–H and O–H groups in total. The van der Waals surface area contributed by atoms with Crippen LogP contribution in [0, 0.1) is 0 Å². The minimum atomic E-state index is -0.424. The van der Waals surface area contributed by atoms with Gasteiger partial charge in [-0.1, -0.05) is 6.07 Å². The third-order valence-electron chi connectivity index (χ3n) is 2.27. The minimum Gasteiger partial charge on any atom is -0.465 e. The first kappa shape index (κ1) is 11.9. The van der Waals surface area contributed by atoms with Crippen molar-refractivity contribution in [2.45, 2.75) is 0 Å². The Hall–Kier alpha value is -2.56. The Morgan fingerprint density at radius 2 is 2.00 bits per heavy atom. The molecule has 0 aliphatic rings. The summed E-state index contributed by atoms with van der Waals surface area (Å²) in [6, 6.07) is 3.55. The zero-order valence-corrected chi connectivity index (χ0v) is 9.78. The molecule has 0 aliphatic heterocycles. The summed E-state index contributed by atoms with van der Waals surface area (Å²) in [5.41, 5.74) is 1.83. The van der Waals surface area contributed by atoms with Gasteiger partial charge in [-0.15, -0.1) is 0 Å². The number of esters is 1. The van der Waals surface area contributed by atoms with E-state index in [4.69, 9.17) is 4.74 Å². The summed E-state index contributed by atoms with van der Waals surface area (Å²) in [6.07, 6.45) is 9.58. The first-order valence-corrected chi connectivity index (χ1v) is 5.26. The molecule has 0 fully saturated rings. The van der Waals surface area contributed by atoms with Crippen LogP contribution in [0.2, 0.25) is 0 Å². The summed E-state index contributed by atoms with van der Waals surface area (Å²) < 4.78 is 4.76. The fourth-order valence-corrected chi connectivity index (χ4v) is 1.44. The van der Waals surface area contributed by atoms with Gasteiger partial charge in [0.05, 0.1) is 12.7 Å². The van der Waals surface area contributed by atoms with E-state index in [0.29, 0.717) is 11.1 Å². The van der Waals surface area contributed by atoms with E-state index >= 15 is 0 Å². The number of carbonyl (C=O) groups excluding carboxylic acids is 1. The van der Waals surface area contributed by atoms with Gasteiger partial charge in [-0.05, 0) is 12.1 Å². The van der Waals surface area contributed by atoms with Crippen LogP contribution >= 0.6 is 0 Å². The number of ether oxygens (including phenoxy) is 1. The average molecular weight is 241 g/mol. The van der Waals surface area contributed by atoms with Crippen LogP contribution in [0.4, 0.5) is 0 Å². The zero-order valence-electron chi connectivity index (χ0n) is 9.78. The summed E-state index contributed by atoms with van der Waals surface area (Å²) >= 11 is 0. The van der Waals surface area contributed by atoms with Crippen LogP contribution in [0.5, 0.6) is 0 Å². The molecule has 0 atom stereocenters. The quantitative estimate of drug-likeness (QED) is 0.603. The molecule has 0 aliphatic carbocycles. The fourth-order valence-electron chi connectivity index (χ4n) is 1.44. The summed E-state index contributed by atoms with van der Waals surface area (Å²) in [4.78, 5) is 23.5. The maximum absolute atomic E-state index is 11.8. The molecule has 0 saturated carbocycles. The van der Waals surface area contributed by atoms with Gasteiger partial charge < -0.3 is 4.74 Å². The van der Waals surface area contributed by atoms with Gasteiger partial charge in [0, 0.05) is 35.9 Å². The summed E-state index contributed by atoms with van der Waals surface area (Å²) in [5, 5.41) is 0. The monoisotopic (exact) mass is 241 g/mol. The number of nitrogens with zero attached hydrogens (tertiary/aromatic N) is 3. The standard InChI is InChI=1S/C13H11N3O2/c1-18-13(17)12(11-3-2-4-14-8-11)5-10-6-15-9-16-7-10/h2-9H,1H3. The molecule has 0 unspecified atom stereocenters. The second-order valence-electron chi connectivity index (χ2n) is 3.46. The van der Waals surface area contributed by atoms with Crippen LogP contribution in [0.1, 0.15) is 11.1 Å². The number of hydrogen-bond acceptors (Lipinski definition) is 5. The highest BCUT2D eigenvalue weighted by Gasteiger charge is 2.12. The molecule has 0 saturated heterocycles. The molecule has 2 aromatic heterocycles. The van der Waals surface area contributed by atoms with Crippen molar-refractivity contribution in [2.24, 2.45) is 0 Å². The molecule has 0 aromatic carbocycles. The second kappa shape index (κ2) is 5.67. The predicted octanol–water partition coefficient (Wildman–Crippen LogP) is 1.59. The third-order valence-corrected chi connectivity index (χ3v) is 2.27. The normalized spacial score (nSPS) is 11.1. The molecule has 0 spiro atoms. The van der Waals surface area contributed by atoms with E-state index in [1.54, 1.807) is 43.0 Å². The van der Waals surface area contributed by atoms with Gasteiger partial charge in [0.15, 0.2) is 0 Å². The number of pyridine rings is 1. The Balaban J connectivity index is 2.44. The second-order valence-corrected chi connectivity index (χ2v) is 3.46. The molecule has 5 heteroatoms. The Labute approximate surface area is 104 Å². The van der Waals surface area contributed by atoms with Crippen molar-refractivity contribution in [3.63, 3.8) is 0 Å². The predicted molar refractivity (Wildman–Crippen MR) is 66.2 cm³/mol. The van der Waals surface area contributed by atoms with E-state index in [9.17, 15) is 4.79 Å². The smallest absolute Gasteiger partial charge is 0.338 e. The molecule has 18 heavy (non-hydrogen) atoms. The molecule has 90 valence electrons. The Morgan fingerprint density at radius 3 is 2.61 bits per heavy atom. The molecule has 2 rings (SSSR count). The van der Waals surface area contributed by atoms with E-state index in [1.807, 2.05) is 0 Å². The lowest BCUT2D eigenvalue weighted by Crippen LogP contribution is -2.04. The van der Waals surface area contributed by atoms with Gasteiger partial charge in [-0.25, -0.2) is 14.8 Å². The first-order chi connectivity index (χ1) is 8.81.